The third-order valence-corrected chi connectivity index (χ3v) is 9.58. The van der Waals surface area contributed by atoms with Crippen molar-refractivity contribution < 1.29 is 0 Å². The van der Waals surface area contributed by atoms with Crippen LogP contribution in [0.2, 0.25) is 0 Å². The van der Waals surface area contributed by atoms with E-state index in [0.29, 0.717) is 0 Å². The van der Waals surface area contributed by atoms with E-state index in [1.807, 2.05) is 0 Å². The smallest absolute Gasteiger partial charge is 0.00248 e. The Morgan fingerprint density at radius 1 is 0.425 bits per heavy atom. The largest absolute Gasteiger partial charge is 0.309 e. The van der Waals surface area contributed by atoms with E-state index in [1.165, 1.54) is 167 Å². The molecule has 0 fully saturated rings. The summed E-state index contributed by atoms with van der Waals surface area (Å²) < 4.78 is 0. The average Bonchev–Trinajstić information content (AvgIpc) is 2.92. The molecule has 0 spiro atoms. The lowest BCUT2D eigenvalue weighted by molar-refractivity contribution is 0.231. The molecule has 0 aliphatic carbocycles. The molecular weight excluding hydrogens is 482 g/mol. The maximum absolute atomic E-state index is 2.53. The van der Waals surface area contributed by atoms with Gasteiger partial charge in [-0.05, 0) is 76.4 Å². The zero-order valence-corrected chi connectivity index (χ0v) is 29.3. The summed E-state index contributed by atoms with van der Waals surface area (Å²) >= 11 is 0. The Labute approximate surface area is 256 Å². The summed E-state index contributed by atoms with van der Waals surface area (Å²) in [5.41, 5.74) is 0. The van der Waals surface area contributed by atoms with Crippen molar-refractivity contribution in [3.05, 3.63) is 12.2 Å². The van der Waals surface area contributed by atoms with Gasteiger partial charge in [-0.3, -0.25) is 0 Å². The minimum Gasteiger partial charge on any atom is -0.309 e. The first-order valence-electron chi connectivity index (χ1n) is 18.7. The third-order valence-electron chi connectivity index (χ3n) is 9.58. The summed E-state index contributed by atoms with van der Waals surface area (Å²) in [5.74, 6) is 3.78. The number of allylic oxidation sites excluding steroid dienone is 2. The van der Waals surface area contributed by atoms with Crippen LogP contribution < -0.4 is 0 Å². The van der Waals surface area contributed by atoms with Gasteiger partial charge in [0.1, 0.15) is 0 Å². The highest BCUT2D eigenvalue weighted by Crippen LogP contribution is 2.34. The van der Waals surface area contributed by atoms with Crippen LogP contribution in [0.3, 0.4) is 0 Å². The van der Waals surface area contributed by atoms with Crippen molar-refractivity contribution in [2.75, 3.05) is 20.6 Å². The number of hydrogen-bond acceptors (Lipinski definition) is 1. The SMILES string of the molecule is CCCC/C=C/CCCC(CCCC(C)CCCCC)C(CCCCCCN(C)C)CCCC(C)CCCCC. The molecule has 0 N–H and O–H groups in total. The lowest BCUT2D eigenvalue weighted by atomic mass is 9.77. The molecule has 0 aliphatic heterocycles. The molecule has 0 bridgehead atoms. The quantitative estimate of drug-likeness (QED) is 0.0601. The molecule has 40 heavy (non-hydrogen) atoms. The van der Waals surface area contributed by atoms with Crippen LogP contribution in [-0.2, 0) is 0 Å². The summed E-state index contributed by atoms with van der Waals surface area (Å²) in [6, 6.07) is 0. The van der Waals surface area contributed by atoms with E-state index < -0.39 is 0 Å². The molecule has 240 valence electrons. The Morgan fingerprint density at radius 3 is 1.32 bits per heavy atom. The second-order valence-corrected chi connectivity index (χ2v) is 14.1. The van der Waals surface area contributed by atoms with Gasteiger partial charge >= 0.3 is 0 Å². The molecule has 1 heteroatoms. The fraction of sp³-hybridized carbons (Fsp3) is 0.949. The van der Waals surface area contributed by atoms with Crippen LogP contribution in [0.25, 0.3) is 0 Å². The van der Waals surface area contributed by atoms with Crippen LogP contribution in [0.1, 0.15) is 195 Å². The van der Waals surface area contributed by atoms with Gasteiger partial charge in [0.25, 0.3) is 0 Å². The number of rotatable bonds is 31. The molecule has 0 aliphatic rings. The van der Waals surface area contributed by atoms with Crippen LogP contribution in [-0.4, -0.2) is 25.5 Å². The van der Waals surface area contributed by atoms with Crippen molar-refractivity contribution in [2.45, 2.75) is 195 Å². The normalized spacial score (nSPS) is 15.2. The zero-order valence-electron chi connectivity index (χ0n) is 29.3. The fourth-order valence-electron chi connectivity index (χ4n) is 6.71. The fourth-order valence-corrected chi connectivity index (χ4v) is 6.71. The van der Waals surface area contributed by atoms with Crippen molar-refractivity contribution in [1.29, 1.82) is 0 Å². The van der Waals surface area contributed by atoms with Gasteiger partial charge in [0.2, 0.25) is 0 Å². The Bertz CT molecular complexity index is 509. The highest BCUT2D eigenvalue weighted by atomic mass is 15.0. The summed E-state index contributed by atoms with van der Waals surface area (Å²) in [4.78, 5) is 2.35. The van der Waals surface area contributed by atoms with Crippen molar-refractivity contribution in [3.8, 4) is 0 Å². The van der Waals surface area contributed by atoms with Crippen LogP contribution in [0.5, 0.6) is 0 Å². The van der Waals surface area contributed by atoms with E-state index in [-0.39, 0.29) is 0 Å². The molecule has 0 rings (SSSR count). The summed E-state index contributed by atoms with van der Waals surface area (Å²) in [7, 11) is 4.43. The van der Waals surface area contributed by atoms with E-state index in [1.54, 1.807) is 0 Å². The number of unbranched alkanes of at least 4 members (excludes halogenated alkanes) is 10. The highest BCUT2D eigenvalue weighted by molar-refractivity contribution is 4.82. The molecule has 0 heterocycles. The lowest BCUT2D eigenvalue weighted by Gasteiger charge is -2.29. The van der Waals surface area contributed by atoms with Crippen LogP contribution in [0, 0.1) is 23.7 Å². The van der Waals surface area contributed by atoms with Crippen LogP contribution >= 0.6 is 0 Å². The lowest BCUT2D eigenvalue weighted by Crippen LogP contribution is -2.17. The highest BCUT2D eigenvalue weighted by Gasteiger charge is 2.21. The van der Waals surface area contributed by atoms with Crippen molar-refractivity contribution in [3.63, 3.8) is 0 Å². The van der Waals surface area contributed by atoms with Gasteiger partial charge in [0.05, 0.1) is 0 Å². The maximum atomic E-state index is 2.53. The van der Waals surface area contributed by atoms with E-state index >= 15 is 0 Å². The first-order chi connectivity index (χ1) is 19.4. The monoisotopic (exact) mass is 562 g/mol. The van der Waals surface area contributed by atoms with Gasteiger partial charge < -0.3 is 4.90 Å². The van der Waals surface area contributed by atoms with Gasteiger partial charge in [0.15, 0.2) is 0 Å². The number of nitrogens with zero attached hydrogens (tertiary/aromatic N) is 1. The topological polar surface area (TPSA) is 3.24 Å². The van der Waals surface area contributed by atoms with Gasteiger partial charge in [-0.2, -0.15) is 0 Å². The summed E-state index contributed by atoms with van der Waals surface area (Å²) in [6.45, 7) is 13.3. The molecule has 4 atom stereocenters. The first kappa shape index (κ1) is 39.7. The van der Waals surface area contributed by atoms with Gasteiger partial charge in [-0.15, -0.1) is 0 Å². The van der Waals surface area contributed by atoms with Gasteiger partial charge in [0, 0.05) is 0 Å². The van der Waals surface area contributed by atoms with Crippen LogP contribution in [0.4, 0.5) is 0 Å². The second-order valence-electron chi connectivity index (χ2n) is 14.1. The van der Waals surface area contributed by atoms with Gasteiger partial charge in [-0.25, -0.2) is 0 Å². The first-order valence-corrected chi connectivity index (χ1v) is 18.7. The molecule has 0 saturated heterocycles. The standard InChI is InChI=1S/C39H79N/c1-8-11-14-15-16-17-22-31-38(33-25-29-36(4)27-20-12-9-2)39(32-23-18-19-24-35-40(6)7)34-26-30-37(5)28-21-13-10-3/h15-16,36-39H,8-14,17-35H2,1-7H3/b16-15+. The maximum Gasteiger partial charge on any atom is -0.00248 e. The summed E-state index contributed by atoms with van der Waals surface area (Å²) in [6.07, 6.45) is 40.5. The summed E-state index contributed by atoms with van der Waals surface area (Å²) in [5, 5.41) is 0. The predicted octanol–water partition coefficient (Wildman–Crippen LogP) is 13.4. The molecule has 0 aromatic heterocycles. The average molecular weight is 562 g/mol. The minimum atomic E-state index is 0.924. The minimum absolute atomic E-state index is 0.924. The predicted molar refractivity (Wildman–Crippen MR) is 185 cm³/mol. The Balaban J connectivity index is 5.04. The molecule has 0 aromatic carbocycles. The third kappa shape index (κ3) is 26.6. The molecule has 0 aromatic rings. The van der Waals surface area contributed by atoms with Crippen molar-refractivity contribution >= 4 is 0 Å². The van der Waals surface area contributed by atoms with Crippen molar-refractivity contribution in [1.82, 2.24) is 4.90 Å². The number of hydrogen-bond donors (Lipinski definition) is 0. The zero-order chi connectivity index (χ0) is 29.7. The van der Waals surface area contributed by atoms with Gasteiger partial charge in [-0.1, -0.05) is 175 Å². The molecule has 0 radical (unpaired) electrons. The molecule has 4 unspecified atom stereocenters. The Kier molecular flexibility index (Phi) is 29.9. The van der Waals surface area contributed by atoms with E-state index in [0.717, 1.165) is 23.7 Å². The van der Waals surface area contributed by atoms with E-state index in [2.05, 4.69) is 65.8 Å². The second kappa shape index (κ2) is 30.2. The Morgan fingerprint density at radius 2 is 0.825 bits per heavy atom. The van der Waals surface area contributed by atoms with E-state index in [4.69, 9.17) is 0 Å². The molecule has 0 saturated carbocycles. The molecular formula is C39H79N. The molecule has 1 nitrogen and oxygen atoms in total. The molecule has 0 amide bonds. The van der Waals surface area contributed by atoms with E-state index in [9.17, 15) is 0 Å². The Hall–Kier alpha value is -0.300. The van der Waals surface area contributed by atoms with Crippen LogP contribution in [0.15, 0.2) is 12.2 Å². The van der Waals surface area contributed by atoms with Crippen molar-refractivity contribution in [2.24, 2.45) is 23.7 Å².